The van der Waals surface area contributed by atoms with Crippen molar-refractivity contribution in [2.75, 3.05) is 19.7 Å². The van der Waals surface area contributed by atoms with Crippen molar-refractivity contribution in [1.29, 1.82) is 0 Å². The molecule has 3 nitrogen and oxygen atoms in total. The van der Waals surface area contributed by atoms with E-state index in [2.05, 4.69) is 4.90 Å². The van der Waals surface area contributed by atoms with Gasteiger partial charge in [0.1, 0.15) is 12.4 Å². The highest BCUT2D eigenvalue weighted by atomic mass is 16.5. The summed E-state index contributed by atoms with van der Waals surface area (Å²) in [7, 11) is 0. The van der Waals surface area contributed by atoms with Gasteiger partial charge in [0.15, 0.2) is 0 Å². The minimum Gasteiger partial charge on any atom is -0.492 e. The third-order valence-corrected chi connectivity index (χ3v) is 4.95. The minimum atomic E-state index is 0.546. The monoisotopic (exact) mass is 274 g/mol. The lowest BCUT2D eigenvalue weighted by Crippen LogP contribution is -2.37. The van der Waals surface area contributed by atoms with Crippen LogP contribution in [-0.2, 0) is 6.54 Å². The molecule has 2 fully saturated rings. The number of fused-ring (bicyclic) bond motifs is 1. The number of nitrogens with two attached hydrogens (primary N) is 1. The zero-order chi connectivity index (χ0) is 13.8. The Morgan fingerprint density at radius 3 is 2.90 bits per heavy atom. The fourth-order valence-electron chi connectivity index (χ4n) is 3.87. The number of ether oxygens (including phenoxy) is 1. The molecule has 1 aromatic rings. The van der Waals surface area contributed by atoms with Crippen LogP contribution in [0.4, 0.5) is 0 Å². The second kappa shape index (κ2) is 6.59. The summed E-state index contributed by atoms with van der Waals surface area (Å²) in [6, 6.07) is 8.93. The summed E-state index contributed by atoms with van der Waals surface area (Å²) >= 11 is 0. The normalized spacial score (nSPS) is 26.4. The number of hydrogen-bond donors (Lipinski definition) is 1. The predicted octanol–water partition coefficient (Wildman–Crippen LogP) is 2.79. The molecule has 1 aromatic carbocycles. The molecule has 20 heavy (non-hydrogen) atoms. The van der Waals surface area contributed by atoms with Crippen LogP contribution >= 0.6 is 0 Å². The van der Waals surface area contributed by atoms with Crippen molar-refractivity contribution < 1.29 is 4.74 Å². The summed E-state index contributed by atoms with van der Waals surface area (Å²) < 4.78 is 5.95. The van der Waals surface area contributed by atoms with Gasteiger partial charge >= 0.3 is 0 Å². The van der Waals surface area contributed by atoms with Crippen LogP contribution in [0.1, 0.15) is 37.7 Å². The van der Waals surface area contributed by atoms with Gasteiger partial charge in [-0.3, -0.25) is 4.90 Å². The smallest absolute Gasteiger partial charge is 0.123 e. The van der Waals surface area contributed by atoms with Crippen molar-refractivity contribution in [3.8, 4) is 5.75 Å². The molecule has 1 saturated heterocycles. The van der Waals surface area contributed by atoms with Crippen LogP contribution in [0, 0.1) is 5.92 Å². The zero-order valence-corrected chi connectivity index (χ0v) is 12.3. The van der Waals surface area contributed by atoms with Gasteiger partial charge in [-0.2, -0.15) is 0 Å². The lowest BCUT2D eigenvalue weighted by atomic mass is 9.85. The van der Waals surface area contributed by atoms with Gasteiger partial charge in [0, 0.05) is 24.7 Å². The van der Waals surface area contributed by atoms with Crippen LogP contribution in [-0.4, -0.2) is 30.6 Å². The Labute approximate surface area is 122 Å². The summed E-state index contributed by atoms with van der Waals surface area (Å²) in [5, 5.41) is 0. The fourth-order valence-corrected chi connectivity index (χ4v) is 3.87. The molecule has 1 aliphatic heterocycles. The standard InChI is InChI=1S/C17H26N2O/c18-13-15-6-2-4-8-17(15)20-12-11-19-10-9-14-5-1-3-7-16(14)19/h2,4,6,8,14,16H,1,3,5,7,9-13,18H2. The van der Waals surface area contributed by atoms with E-state index in [1.54, 1.807) is 0 Å². The summed E-state index contributed by atoms with van der Waals surface area (Å²) in [4.78, 5) is 2.65. The van der Waals surface area contributed by atoms with Gasteiger partial charge in [-0.1, -0.05) is 31.0 Å². The van der Waals surface area contributed by atoms with Gasteiger partial charge in [-0.15, -0.1) is 0 Å². The van der Waals surface area contributed by atoms with E-state index in [1.165, 1.54) is 38.6 Å². The number of likely N-dealkylation sites (tertiary alicyclic amines) is 1. The van der Waals surface area contributed by atoms with Crippen LogP contribution in [0.25, 0.3) is 0 Å². The van der Waals surface area contributed by atoms with E-state index in [-0.39, 0.29) is 0 Å². The van der Waals surface area contributed by atoms with Crippen molar-refractivity contribution in [3.05, 3.63) is 29.8 Å². The molecule has 2 atom stereocenters. The molecular formula is C17H26N2O. The number of para-hydroxylation sites is 1. The maximum atomic E-state index is 5.95. The Morgan fingerprint density at radius 1 is 1.15 bits per heavy atom. The van der Waals surface area contributed by atoms with Crippen LogP contribution in [0.15, 0.2) is 24.3 Å². The molecule has 2 aliphatic rings. The van der Waals surface area contributed by atoms with Crippen molar-refractivity contribution >= 4 is 0 Å². The van der Waals surface area contributed by atoms with Gasteiger partial charge in [-0.05, 0) is 37.8 Å². The highest BCUT2D eigenvalue weighted by Gasteiger charge is 2.35. The van der Waals surface area contributed by atoms with Gasteiger partial charge < -0.3 is 10.5 Å². The highest BCUT2D eigenvalue weighted by Crippen LogP contribution is 2.35. The Morgan fingerprint density at radius 2 is 2.00 bits per heavy atom. The largest absolute Gasteiger partial charge is 0.492 e. The van der Waals surface area contributed by atoms with Crippen molar-refractivity contribution in [3.63, 3.8) is 0 Å². The minimum absolute atomic E-state index is 0.546. The molecule has 2 unspecified atom stereocenters. The molecule has 0 amide bonds. The van der Waals surface area contributed by atoms with Gasteiger partial charge in [-0.25, -0.2) is 0 Å². The number of hydrogen-bond acceptors (Lipinski definition) is 3. The van der Waals surface area contributed by atoms with Crippen molar-refractivity contribution in [2.24, 2.45) is 11.7 Å². The Hall–Kier alpha value is -1.06. The van der Waals surface area contributed by atoms with E-state index in [0.29, 0.717) is 6.54 Å². The summed E-state index contributed by atoms with van der Waals surface area (Å²) in [5.41, 5.74) is 6.84. The first-order valence-electron chi connectivity index (χ1n) is 8.03. The first-order chi connectivity index (χ1) is 9.88. The van der Waals surface area contributed by atoms with Crippen LogP contribution in [0.3, 0.4) is 0 Å². The number of nitrogens with zero attached hydrogens (tertiary/aromatic N) is 1. The second-order valence-corrected chi connectivity index (χ2v) is 6.10. The van der Waals surface area contributed by atoms with Crippen LogP contribution in [0.2, 0.25) is 0 Å². The van der Waals surface area contributed by atoms with Gasteiger partial charge in [0.2, 0.25) is 0 Å². The van der Waals surface area contributed by atoms with Gasteiger partial charge in [0.05, 0.1) is 0 Å². The van der Waals surface area contributed by atoms with E-state index < -0.39 is 0 Å². The molecule has 0 bridgehead atoms. The molecule has 0 radical (unpaired) electrons. The van der Waals surface area contributed by atoms with E-state index in [4.69, 9.17) is 10.5 Å². The second-order valence-electron chi connectivity index (χ2n) is 6.10. The number of rotatable bonds is 5. The maximum absolute atomic E-state index is 5.95. The first-order valence-corrected chi connectivity index (χ1v) is 8.03. The van der Waals surface area contributed by atoms with E-state index in [0.717, 1.165) is 36.4 Å². The molecule has 3 rings (SSSR count). The maximum Gasteiger partial charge on any atom is 0.123 e. The van der Waals surface area contributed by atoms with Crippen LogP contribution < -0.4 is 10.5 Å². The Kier molecular flexibility index (Phi) is 4.58. The lowest BCUT2D eigenvalue weighted by Gasteiger charge is -2.31. The molecule has 2 N–H and O–H groups in total. The Balaban J connectivity index is 1.50. The molecule has 1 heterocycles. The van der Waals surface area contributed by atoms with Crippen molar-refractivity contribution in [2.45, 2.75) is 44.7 Å². The van der Waals surface area contributed by atoms with E-state index in [9.17, 15) is 0 Å². The zero-order valence-electron chi connectivity index (χ0n) is 12.3. The van der Waals surface area contributed by atoms with E-state index in [1.807, 2.05) is 24.3 Å². The summed E-state index contributed by atoms with van der Waals surface area (Å²) in [5.74, 6) is 1.91. The molecular weight excluding hydrogens is 248 g/mol. The molecule has 3 heteroatoms. The summed E-state index contributed by atoms with van der Waals surface area (Å²) in [6.45, 7) is 3.64. The van der Waals surface area contributed by atoms with Crippen LogP contribution in [0.5, 0.6) is 5.75 Å². The SMILES string of the molecule is NCc1ccccc1OCCN1CCC2CCCCC21. The average Bonchev–Trinajstić information content (AvgIpc) is 2.91. The lowest BCUT2D eigenvalue weighted by molar-refractivity contribution is 0.154. The topological polar surface area (TPSA) is 38.5 Å². The third kappa shape index (κ3) is 2.99. The predicted molar refractivity (Wildman–Crippen MR) is 81.8 cm³/mol. The molecule has 110 valence electrons. The van der Waals surface area contributed by atoms with Crippen molar-refractivity contribution in [1.82, 2.24) is 4.90 Å². The van der Waals surface area contributed by atoms with Gasteiger partial charge in [0.25, 0.3) is 0 Å². The Bertz CT molecular complexity index is 435. The highest BCUT2D eigenvalue weighted by molar-refractivity contribution is 5.32. The average molecular weight is 274 g/mol. The quantitative estimate of drug-likeness (QED) is 0.897. The molecule has 0 spiro atoms. The number of benzene rings is 1. The fraction of sp³-hybridized carbons (Fsp3) is 0.647. The molecule has 0 aromatic heterocycles. The molecule has 1 saturated carbocycles. The summed E-state index contributed by atoms with van der Waals surface area (Å²) in [6.07, 6.45) is 7.08. The van der Waals surface area contributed by atoms with E-state index >= 15 is 0 Å². The third-order valence-electron chi connectivity index (χ3n) is 4.95. The first kappa shape index (κ1) is 13.9. The molecule has 1 aliphatic carbocycles.